The predicted molar refractivity (Wildman–Crippen MR) is 85.4 cm³/mol. The molecule has 0 amide bonds. The Morgan fingerprint density at radius 3 is 2.95 bits per heavy atom. The molecule has 1 heterocycles. The van der Waals surface area contributed by atoms with E-state index in [9.17, 15) is 0 Å². The molecule has 0 bridgehead atoms. The van der Waals surface area contributed by atoms with Gasteiger partial charge in [0, 0.05) is 23.0 Å². The van der Waals surface area contributed by atoms with Crippen molar-refractivity contribution < 1.29 is 0 Å². The molecular weight excluding hydrogens is 300 g/mol. The second-order valence-electron chi connectivity index (χ2n) is 5.50. The normalized spacial score (nSPS) is 22.4. The number of halogens is 1. The molecule has 1 aromatic rings. The zero-order valence-corrected chi connectivity index (χ0v) is 13.4. The molecule has 0 radical (unpaired) electrons. The summed E-state index contributed by atoms with van der Waals surface area (Å²) in [7, 11) is 0. The van der Waals surface area contributed by atoms with Gasteiger partial charge in [0.2, 0.25) is 0 Å². The first-order valence-corrected chi connectivity index (χ1v) is 8.25. The van der Waals surface area contributed by atoms with Crippen LogP contribution in [0.5, 0.6) is 0 Å². The molecular formula is C16H25BrN2. The fraction of sp³-hybridized carbons (Fsp3) is 0.625. The van der Waals surface area contributed by atoms with Crippen LogP contribution in [-0.2, 0) is 0 Å². The maximum Gasteiger partial charge on any atom is 0.0178 e. The summed E-state index contributed by atoms with van der Waals surface area (Å²) < 4.78 is 1.15. The van der Waals surface area contributed by atoms with E-state index in [1.165, 1.54) is 44.3 Å². The minimum absolute atomic E-state index is 0.462. The lowest BCUT2D eigenvalue weighted by Gasteiger charge is -2.40. The van der Waals surface area contributed by atoms with E-state index in [4.69, 9.17) is 5.73 Å². The number of nitrogens with two attached hydrogens (primary N) is 1. The number of benzene rings is 1. The minimum Gasteiger partial charge on any atom is -0.330 e. The van der Waals surface area contributed by atoms with E-state index in [1.54, 1.807) is 0 Å². The van der Waals surface area contributed by atoms with E-state index in [0.717, 1.165) is 11.0 Å². The quantitative estimate of drug-likeness (QED) is 0.893. The molecule has 1 fully saturated rings. The van der Waals surface area contributed by atoms with Gasteiger partial charge in [-0.2, -0.15) is 0 Å². The lowest BCUT2D eigenvalue weighted by Crippen LogP contribution is -2.45. The Kier molecular flexibility index (Phi) is 5.86. The molecule has 19 heavy (non-hydrogen) atoms. The molecule has 0 spiro atoms. The van der Waals surface area contributed by atoms with Crippen LogP contribution < -0.4 is 5.73 Å². The van der Waals surface area contributed by atoms with E-state index in [1.807, 2.05) is 0 Å². The van der Waals surface area contributed by atoms with Gasteiger partial charge in [-0.05, 0) is 50.0 Å². The fourth-order valence-corrected chi connectivity index (χ4v) is 3.71. The monoisotopic (exact) mass is 324 g/mol. The summed E-state index contributed by atoms with van der Waals surface area (Å²) in [5, 5.41) is 0. The Bertz CT molecular complexity index is 392. The molecule has 106 valence electrons. The van der Waals surface area contributed by atoms with Crippen LogP contribution in [0, 0.1) is 0 Å². The van der Waals surface area contributed by atoms with Crippen molar-refractivity contribution in [2.45, 2.75) is 44.6 Å². The van der Waals surface area contributed by atoms with Gasteiger partial charge in [-0.15, -0.1) is 0 Å². The average Bonchev–Trinajstić information content (AvgIpc) is 2.42. The number of hydrogen-bond donors (Lipinski definition) is 1. The molecule has 2 nitrogen and oxygen atoms in total. The molecule has 1 saturated heterocycles. The van der Waals surface area contributed by atoms with Crippen molar-refractivity contribution in [3.63, 3.8) is 0 Å². The first-order chi connectivity index (χ1) is 9.26. The highest BCUT2D eigenvalue weighted by Crippen LogP contribution is 2.31. The van der Waals surface area contributed by atoms with Gasteiger partial charge < -0.3 is 5.73 Å². The van der Waals surface area contributed by atoms with Crippen molar-refractivity contribution in [1.29, 1.82) is 0 Å². The molecule has 0 aliphatic carbocycles. The Labute approximate surface area is 125 Å². The van der Waals surface area contributed by atoms with Crippen LogP contribution in [0.25, 0.3) is 0 Å². The number of piperidine rings is 1. The zero-order valence-electron chi connectivity index (χ0n) is 11.8. The summed E-state index contributed by atoms with van der Waals surface area (Å²) in [4.78, 5) is 2.65. The van der Waals surface area contributed by atoms with Crippen molar-refractivity contribution in [3.8, 4) is 0 Å². The van der Waals surface area contributed by atoms with Crippen molar-refractivity contribution >= 4 is 15.9 Å². The number of hydrogen-bond acceptors (Lipinski definition) is 2. The summed E-state index contributed by atoms with van der Waals surface area (Å²) in [5.41, 5.74) is 7.48. The van der Waals surface area contributed by atoms with Crippen LogP contribution in [-0.4, -0.2) is 30.6 Å². The van der Waals surface area contributed by atoms with Crippen LogP contribution in [0.3, 0.4) is 0 Å². The maximum atomic E-state index is 6.10. The summed E-state index contributed by atoms with van der Waals surface area (Å²) in [6.07, 6.45) is 5.20. The molecule has 2 rings (SSSR count). The van der Waals surface area contributed by atoms with Crippen LogP contribution >= 0.6 is 15.9 Å². The summed E-state index contributed by atoms with van der Waals surface area (Å²) in [6, 6.07) is 9.28. The Morgan fingerprint density at radius 1 is 1.42 bits per heavy atom. The summed E-state index contributed by atoms with van der Waals surface area (Å²) in [6.45, 7) is 5.45. The smallest absolute Gasteiger partial charge is 0.0178 e. The molecule has 0 saturated carbocycles. The van der Waals surface area contributed by atoms with Crippen molar-refractivity contribution in [1.82, 2.24) is 4.90 Å². The minimum atomic E-state index is 0.462. The van der Waals surface area contributed by atoms with Crippen molar-refractivity contribution in [3.05, 3.63) is 34.3 Å². The predicted octanol–water partition coefficient (Wildman–Crippen LogP) is 3.76. The fourth-order valence-electron chi connectivity index (χ4n) is 3.29. The van der Waals surface area contributed by atoms with Crippen LogP contribution in [0.4, 0.5) is 0 Å². The largest absolute Gasteiger partial charge is 0.330 e. The van der Waals surface area contributed by atoms with Gasteiger partial charge in [-0.1, -0.05) is 41.4 Å². The highest BCUT2D eigenvalue weighted by atomic mass is 79.9. The van der Waals surface area contributed by atoms with E-state index in [2.05, 4.69) is 52.0 Å². The zero-order chi connectivity index (χ0) is 13.7. The third-order valence-corrected chi connectivity index (χ3v) is 4.66. The average molecular weight is 325 g/mol. The summed E-state index contributed by atoms with van der Waals surface area (Å²) >= 11 is 3.58. The van der Waals surface area contributed by atoms with Gasteiger partial charge in [0.1, 0.15) is 0 Å². The van der Waals surface area contributed by atoms with Gasteiger partial charge in [0.05, 0.1) is 0 Å². The standard InChI is InChI=1S/C16H25BrN2/c1-2-9-19-10-4-3-8-16(19)15(12-18)13-6-5-7-14(17)11-13/h5-7,11,15-16H,2-4,8-10,12,18H2,1H3. The van der Waals surface area contributed by atoms with Gasteiger partial charge in [0.15, 0.2) is 0 Å². The van der Waals surface area contributed by atoms with Gasteiger partial charge in [-0.25, -0.2) is 0 Å². The first-order valence-electron chi connectivity index (χ1n) is 7.45. The lowest BCUT2D eigenvalue weighted by atomic mass is 9.85. The maximum absolute atomic E-state index is 6.10. The first kappa shape index (κ1) is 15.0. The Balaban J connectivity index is 2.19. The highest BCUT2D eigenvalue weighted by Gasteiger charge is 2.29. The summed E-state index contributed by atoms with van der Waals surface area (Å²) in [5.74, 6) is 0.462. The van der Waals surface area contributed by atoms with Crippen LogP contribution in [0.2, 0.25) is 0 Å². The second-order valence-corrected chi connectivity index (χ2v) is 6.41. The van der Waals surface area contributed by atoms with E-state index >= 15 is 0 Å². The third-order valence-electron chi connectivity index (χ3n) is 4.17. The van der Waals surface area contributed by atoms with Gasteiger partial charge >= 0.3 is 0 Å². The SMILES string of the molecule is CCCN1CCCCC1C(CN)c1cccc(Br)c1. The van der Waals surface area contributed by atoms with Crippen molar-refractivity contribution in [2.75, 3.05) is 19.6 Å². The van der Waals surface area contributed by atoms with E-state index in [0.29, 0.717) is 12.0 Å². The van der Waals surface area contributed by atoms with Gasteiger partial charge in [-0.3, -0.25) is 4.90 Å². The third kappa shape index (κ3) is 3.80. The highest BCUT2D eigenvalue weighted by molar-refractivity contribution is 9.10. The number of rotatable bonds is 5. The Morgan fingerprint density at radius 2 is 2.26 bits per heavy atom. The topological polar surface area (TPSA) is 29.3 Å². The Hall–Kier alpha value is -0.380. The molecule has 3 heteroatoms. The van der Waals surface area contributed by atoms with Crippen LogP contribution in [0.1, 0.15) is 44.1 Å². The molecule has 1 aliphatic heterocycles. The molecule has 0 aromatic heterocycles. The molecule has 2 unspecified atom stereocenters. The molecule has 1 aliphatic rings. The number of nitrogens with zero attached hydrogens (tertiary/aromatic N) is 1. The molecule has 2 atom stereocenters. The molecule has 2 N–H and O–H groups in total. The van der Waals surface area contributed by atoms with E-state index < -0.39 is 0 Å². The van der Waals surface area contributed by atoms with Crippen molar-refractivity contribution in [2.24, 2.45) is 5.73 Å². The van der Waals surface area contributed by atoms with Crippen LogP contribution in [0.15, 0.2) is 28.7 Å². The second kappa shape index (κ2) is 7.41. The molecule has 1 aromatic carbocycles. The lowest BCUT2D eigenvalue weighted by molar-refractivity contribution is 0.127. The van der Waals surface area contributed by atoms with Gasteiger partial charge in [0.25, 0.3) is 0 Å². The number of likely N-dealkylation sites (tertiary alicyclic amines) is 1. The van der Waals surface area contributed by atoms with E-state index in [-0.39, 0.29) is 0 Å².